The fourth-order valence-electron chi connectivity index (χ4n) is 2.41. The highest BCUT2D eigenvalue weighted by atomic mass is 14.2. The van der Waals surface area contributed by atoms with Crippen molar-refractivity contribution in [1.29, 1.82) is 0 Å². The average molecular weight is 169 g/mol. The van der Waals surface area contributed by atoms with Gasteiger partial charge in [-0.2, -0.15) is 0 Å². The number of benzene rings is 1. The first kappa shape index (κ1) is 7.37. The molecule has 1 aromatic rings. The highest BCUT2D eigenvalue weighted by molar-refractivity contribution is 5.46. The second kappa shape index (κ2) is 2.73. The Kier molecular flexibility index (Phi) is 1.55. The average Bonchev–Trinajstić information content (AvgIpc) is 2.61. The zero-order chi connectivity index (χ0) is 8.67. The molecule has 0 N–H and O–H groups in total. The molecular formula is C13H13. The summed E-state index contributed by atoms with van der Waals surface area (Å²) in [6.45, 7) is 0. The van der Waals surface area contributed by atoms with E-state index in [4.69, 9.17) is 0 Å². The van der Waals surface area contributed by atoms with Gasteiger partial charge in [0.15, 0.2) is 0 Å². The van der Waals surface area contributed by atoms with Crippen LogP contribution in [0.2, 0.25) is 0 Å². The normalized spacial score (nSPS) is 18.5. The molecule has 0 amide bonds. The molecule has 65 valence electrons. The highest BCUT2D eigenvalue weighted by Gasteiger charge is 2.13. The number of aryl methyl sites for hydroxylation is 2. The van der Waals surface area contributed by atoms with Gasteiger partial charge in [-0.25, -0.2) is 0 Å². The lowest BCUT2D eigenvalue weighted by atomic mass is 9.89. The van der Waals surface area contributed by atoms with Crippen LogP contribution in [0, 0.1) is 6.08 Å². The van der Waals surface area contributed by atoms with Crippen LogP contribution in [0.5, 0.6) is 0 Å². The zero-order valence-corrected chi connectivity index (χ0v) is 7.77. The maximum atomic E-state index is 3.33. The Hall–Kier alpha value is -1.04. The number of rotatable bonds is 0. The molecular weight excluding hydrogens is 156 g/mol. The van der Waals surface area contributed by atoms with Gasteiger partial charge in [-0.1, -0.05) is 18.2 Å². The third-order valence-corrected chi connectivity index (χ3v) is 3.15. The summed E-state index contributed by atoms with van der Waals surface area (Å²) in [4.78, 5) is 0. The summed E-state index contributed by atoms with van der Waals surface area (Å²) in [6.07, 6.45) is 11.9. The van der Waals surface area contributed by atoms with E-state index in [0.717, 1.165) is 6.42 Å². The van der Waals surface area contributed by atoms with Crippen LogP contribution in [0.25, 0.3) is 0 Å². The van der Waals surface area contributed by atoms with Crippen LogP contribution < -0.4 is 0 Å². The minimum Gasteiger partial charge on any atom is -0.0716 e. The first-order chi connectivity index (χ1) is 6.43. The van der Waals surface area contributed by atoms with Gasteiger partial charge in [0.1, 0.15) is 0 Å². The van der Waals surface area contributed by atoms with Crippen molar-refractivity contribution in [1.82, 2.24) is 0 Å². The van der Waals surface area contributed by atoms with Crippen molar-refractivity contribution in [2.24, 2.45) is 0 Å². The number of fused-ring (bicyclic) bond motifs is 2. The Morgan fingerprint density at radius 3 is 2.54 bits per heavy atom. The van der Waals surface area contributed by atoms with Crippen molar-refractivity contribution in [3.63, 3.8) is 0 Å². The Morgan fingerprint density at radius 1 is 0.923 bits per heavy atom. The van der Waals surface area contributed by atoms with E-state index in [2.05, 4.69) is 24.3 Å². The van der Waals surface area contributed by atoms with Crippen molar-refractivity contribution < 1.29 is 0 Å². The number of hydrogen-bond acceptors (Lipinski definition) is 0. The van der Waals surface area contributed by atoms with E-state index in [1.165, 1.54) is 36.8 Å². The number of hydrogen-bond donors (Lipinski definition) is 0. The van der Waals surface area contributed by atoms with E-state index in [0.29, 0.717) is 0 Å². The molecule has 1 radical (unpaired) electrons. The molecule has 0 saturated carbocycles. The van der Waals surface area contributed by atoms with E-state index in [1.54, 1.807) is 11.1 Å². The molecule has 0 fully saturated rings. The molecule has 2 aliphatic carbocycles. The first-order valence-electron chi connectivity index (χ1n) is 5.16. The quantitative estimate of drug-likeness (QED) is 0.560. The molecule has 0 aromatic heterocycles. The largest absolute Gasteiger partial charge is 0.0716 e. The van der Waals surface area contributed by atoms with Crippen LogP contribution in [0.15, 0.2) is 18.2 Å². The summed E-state index contributed by atoms with van der Waals surface area (Å²) >= 11 is 0. The summed E-state index contributed by atoms with van der Waals surface area (Å²) in [7, 11) is 0. The van der Waals surface area contributed by atoms with Crippen LogP contribution in [0.3, 0.4) is 0 Å². The Balaban J connectivity index is 2.15. The van der Waals surface area contributed by atoms with Crippen molar-refractivity contribution in [3.05, 3.63) is 46.5 Å². The molecule has 0 saturated heterocycles. The highest BCUT2D eigenvalue weighted by Crippen LogP contribution is 2.27. The fraction of sp³-hybridized carbons (Fsp3) is 0.385. The summed E-state index contributed by atoms with van der Waals surface area (Å²) in [5.74, 6) is 0. The van der Waals surface area contributed by atoms with Crippen molar-refractivity contribution in [2.45, 2.75) is 32.1 Å². The van der Waals surface area contributed by atoms with Gasteiger partial charge in [-0.3, -0.25) is 0 Å². The molecule has 0 heteroatoms. The third-order valence-electron chi connectivity index (χ3n) is 3.15. The lowest BCUT2D eigenvalue weighted by Crippen LogP contribution is -2.03. The predicted octanol–water partition coefficient (Wildman–Crippen LogP) is 2.83. The predicted molar refractivity (Wildman–Crippen MR) is 53.7 cm³/mol. The second-order valence-electron chi connectivity index (χ2n) is 4.04. The SMILES string of the molecule is [C]1=CCc2cc3c(cc21)CCCC3. The van der Waals surface area contributed by atoms with Gasteiger partial charge < -0.3 is 0 Å². The van der Waals surface area contributed by atoms with E-state index >= 15 is 0 Å². The standard InChI is InChI=1S/C13H13/c1-2-5-11-9-13-7-3-6-12(13)8-10(11)4-1/h3,8-9H,1-2,4-6H2. The topological polar surface area (TPSA) is 0 Å². The van der Waals surface area contributed by atoms with Crippen LogP contribution in [-0.2, 0) is 19.3 Å². The molecule has 0 bridgehead atoms. The van der Waals surface area contributed by atoms with Gasteiger partial charge >= 0.3 is 0 Å². The minimum absolute atomic E-state index is 1.10. The Labute approximate surface area is 79.3 Å². The minimum atomic E-state index is 1.10. The van der Waals surface area contributed by atoms with Crippen LogP contribution >= 0.6 is 0 Å². The first-order valence-corrected chi connectivity index (χ1v) is 5.16. The number of allylic oxidation sites excluding steroid dienone is 1. The maximum absolute atomic E-state index is 3.33. The smallest absolute Gasteiger partial charge is 0.00817 e. The molecule has 0 nitrogen and oxygen atoms in total. The van der Waals surface area contributed by atoms with Crippen LogP contribution in [0.4, 0.5) is 0 Å². The lowest BCUT2D eigenvalue weighted by molar-refractivity contribution is 0.684. The molecule has 0 spiro atoms. The Bertz CT molecular complexity index is 372. The lowest BCUT2D eigenvalue weighted by Gasteiger charge is -2.16. The van der Waals surface area contributed by atoms with E-state index in [9.17, 15) is 0 Å². The second-order valence-corrected chi connectivity index (χ2v) is 4.04. The third kappa shape index (κ3) is 1.13. The van der Waals surface area contributed by atoms with Crippen molar-refractivity contribution in [2.75, 3.05) is 0 Å². The monoisotopic (exact) mass is 169 g/mol. The summed E-state index contributed by atoms with van der Waals surface area (Å²) in [5.41, 5.74) is 6.01. The summed E-state index contributed by atoms with van der Waals surface area (Å²) in [5, 5.41) is 0. The maximum Gasteiger partial charge on any atom is -0.00817 e. The van der Waals surface area contributed by atoms with E-state index < -0.39 is 0 Å². The van der Waals surface area contributed by atoms with Crippen molar-refractivity contribution in [3.8, 4) is 0 Å². The van der Waals surface area contributed by atoms with Gasteiger partial charge in [-0.05, 0) is 60.4 Å². The van der Waals surface area contributed by atoms with Gasteiger partial charge in [0.25, 0.3) is 0 Å². The van der Waals surface area contributed by atoms with Gasteiger partial charge in [-0.15, -0.1) is 0 Å². The zero-order valence-electron chi connectivity index (χ0n) is 7.77. The summed E-state index contributed by atoms with van der Waals surface area (Å²) < 4.78 is 0. The molecule has 3 rings (SSSR count). The van der Waals surface area contributed by atoms with Gasteiger partial charge in [0.05, 0.1) is 0 Å². The van der Waals surface area contributed by atoms with Gasteiger partial charge in [0.2, 0.25) is 0 Å². The molecule has 0 atom stereocenters. The van der Waals surface area contributed by atoms with Gasteiger partial charge in [0, 0.05) is 0 Å². The molecule has 1 aromatic carbocycles. The molecule has 0 unspecified atom stereocenters. The molecule has 0 heterocycles. The van der Waals surface area contributed by atoms with Crippen LogP contribution in [0.1, 0.15) is 35.1 Å². The van der Waals surface area contributed by atoms with Crippen LogP contribution in [-0.4, -0.2) is 0 Å². The molecule has 13 heavy (non-hydrogen) atoms. The molecule has 0 aliphatic heterocycles. The summed E-state index contributed by atoms with van der Waals surface area (Å²) in [6, 6.07) is 4.76. The van der Waals surface area contributed by atoms with E-state index in [1.807, 2.05) is 0 Å². The van der Waals surface area contributed by atoms with Crippen molar-refractivity contribution >= 4 is 0 Å². The fourth-order valence-corrected chi connectivity index (χ4v) is 2.41. The molecule has 2 aliphatic rings. The Morgan fingerprint density at radius 2 is 1.69 bits per heavy atom. The van der Waals surface area contributed by atoms with E-state index in [-0.39, 0.29) is 0 Å².